The SMILES string of the molecule is CC(=O)OC(C)C.CCCOC. The minimum absolute atomic E-state index is 0.0255. The third-order valence-corrected chi connectivity index (χ3v) is 0.810. The Morgan fingerprint density at radius 3 is 1.92 bits per heavy atom. The normalized spacial score (nSPS) is 8.83. The van der Waals surface area contributed by atoms with Gasteiger partial charge < -0.3 is 9.47 Å². The lowest BCUT2D eigenvalue weighted by Crippen LogP contribution is -2.06. The smallest absolute Gasteiger partial charge is 0.302 e. The van der Waals surface area contributed by atoms with Gasteiger partial charge in [-0.1, -0.05) is 6.92 Å². The van der Waals surface area contributed by atoms with Crippen molar-refractivity contribution in [2.24, 2.45) is 0 Å². The summed E-state index contributed by atoms with van der Waals surface area (Å²) in [5.41, 5.74) is 0. The summed E-state index contributed by atoms with van der Waals surface area (Å²) in [6.07, 6.45) is 1.15. The molecular formula is C9H20O3. The lowest BCUT2D eigenvalue weighted by molar-refractivity contribution is -0.144. The second-order valence-corrected chi connectivity index (χ2v) is 2.65. The molecule has 0 fully saturated rings. The van der Waals surface area contributed by atoms with Crippen LogP contribution in [0.15, 0.2) is 0 Å². The van der Waals surface area contributed by atoms with Gasteiger partial charge in [-0.2, -0.15) is 0 Å². The van der Waals surface area contributed by atoms with Gasteiger partial charge in [0.1, 0.15) is 0 Å². The van der Waals surface area contributed by atoms with Crippen LogP contribution in [0.4, 0.5) is 0 Å². The lowest BCUT2D eigenvalue weighted by atomic mass is 10.5. The maximum atomic E-state index is 10.0. The highest BCUT2D eigenvalue weighted by Crippen LogP contribution is 1.85. The topological polar surface area (TPSA) is 35.5 Å². The van der Waals surface area contributed by atoms with Gasteiger partial charge in [-0.15, -0.1) is 0 Å². The van der Waals surface area contributed by atoms with Crippen molar-refractivity contribution in [3.63, 3.8) is 0 Å². The average molecular weight is 176 g/mol. The van der Waals surface area contributed by atoms with Crippen LogP contribution in [0.5, 0.6) is 0 Å². The Balaban J connectivity index is 0. The number of hydrogen-bond donors (Lipinski definition) is 0. The molecule has 0 amide bonds. The van der Waals surface area contributed by atoms with Crippen molar-refractivity contribution in [3.8, 4) is 0 Å². The van der Waals surface area contributed by atoms with Crippen molar-refractivity contribution in [2.45, 2.75) is 40.2 Å². The molecule has 0 saturated carbocycles. The van der Waals surface area contributed by atoms with Gasteiger partial charge in [-0.25, -0.2) is 0 Å². The first kappa shape index (κ1) is 14.0. The van der Waals surface area contributed by atoms with Crippen molar-refractivity contribution in [1.82, 2.24) is 0 Å². The van der Waals surface area contributed by atoms with Crippen LogP contribution in [0.3, 0.4) is 0 Å². The van der Waals surface area contributed by atoms with Gasteiger partial charge in [-0.05, 0) is 20.3 Å². The largest absolute Gasteiger partial charge is 0.463 e. The molecule has 0 aromatic rings. The van der Waals surface area contributed by atoms with Crippen LogP contribution in [0, 0.1) is 0 Å². The van der Waals surface area contributed by atoms with E-state index in [0.29, 0.717) is 0 Å². The van der Waals surface area contributed by atoms with E-state index in [1.165, 1.54) is 6.92 Å². The van der Waals surface area contributed by atoms with E-state index in [0.717, 1.165) is 13.0 Å². The number of carbonyl (C=O) groups excluding carboxylic acids is 1. The van der Waals surface area contributed by atoms with Crippen LogP contribution in [0.25, 0.3) is 0 Å². The molecule has 0 atom stereocenters. The van der Waals surface area contributed by atoms with Crippen molar-refractivity contribution >= 4 is 5.97 Å². The monoisotopic (exact) mass is 176 g/mol. The molecule has 0 aliphatic heterocycles. The van der Waals surface area contributed by atoms with E-state index in [1.807, 2.05) is 13.8 Å². The van der Waals surface area contributed by atoms with Gasteiger partial charge in [-0.3, -0.25) is 4.79 Å². The van der Waals surface area contributed by atoms with E-state index < -0.39 is 0 Å². The molecule has 0 aromatic carbocycles. The molecule has 3 heteroatoms. The quantitative estimate of drug-likeness (QED) is 0.617. The molecule has 0 radical (unpaired) electrons. The first-order valence-corrected chi connectivity index (χ1v) is 4.20. The fourth-order valence-electron chi connectivity index (χ4n) is 0.536. The highest BCUT2D eigenvalue weighted by atomic mass is 16.5. The first-order chi connectivity index (χ1) is 5.54. The van der Waals surface area contributed by atoms with E-state index in [-0.39, 0.29) is 12.1 Å². The zero-order chi connectivity index (χ0) is 9.98. The number of methoxy groups -OCH3 is 1. The summed E-state index contributed by atoms with van der Waals surface area (Å²) in [6.45, 7) is 8.02. The molecule has 0 rings (SSSR count). The van der Waals surface area contributed by atoms with Gasteiger partial charge in [0.15, 0.2) is 0 Å². The number of esters is 1. The highest BCUT2D eigenvalue weighted by molar-refractivity contribution is 5.66. The highest BCUT2D eigenvalue weighted by Gasteiger charge is 1.93. The molecule has 74 valence electrons. The summed E-state index contributed by atoms with van der Waals surface area (Å²) >= 11 is 0. The van der Waals surface area contributed by atoms with Crippen molar-refractivity contribution in [3.05, 3.63) is 0 Å². The Morgan fingerprint density at radius 1 is 1.42 bits per heavy atom. The summed E-state index contributed by atoms with van der Waals surface area (Å²) in [5, 5.41) is 0. The molecule has 12 heavy (non-hydrogen) atoms. The number of rotatable bonds is 3. The van der Waals surface area contributed by atoms with Gasteiger partial charge in [0.2, 0.25) is 0 Å². The second-order valence-electron chi connectivity index (χ2n) is 2.65. The lowest BCUT2D eigenvalue weighted by Gasteiger charge is -2.01. The Bertz CT molecular complexity index is 97.9. The molecule has 0 spiro atoms. The molecule has 3 nitrogen and oxygen atoms in total. The molecule has 0 heterocycles. The maximum absolute atomic E-state index is 10.0. The van der Waals surface area contributed by atoms with Gasteiger partial charge in [0.25, 0.3) is 0 Å². The third-order valence-electron chi connectivity index (χ3n) is 0.810. The van der Waals surface area contributed by atoms with E-state index >= 15 is 0 Å². The van der Waals surface area contributed by atoms with E-state index in [4.69, 9.17) is 4.74 Å². The van der Waals surface area contributed by atoms with E-state index in [2.05, 4.69) is 11.7 Å². The Hall–Kier alpha value is -0.570. The van der Waals surface area contributed by atoms with Crippen LogP contribution in [-0.4, -0.2) is 25.8 Å². The molecule has 0 saturated heterocycles. The summed E-state index contributed by atoms with van der Waals surface area (Å²) in [4.78, 5) is 10.0. The molecule has 0 aliphatic rings. The zero-order valence-corrected chi connectivity index (χ0v) is 8.72. The Morgan fingerprint density at radius 2 is 1.92 bits per heavy atom. The van der Waals surface area contributed by atoms with E-state index in [9.17, 15) is 4.79 Å². The standard InChI is InChI=1S/C5H10O2.C4H10O/c1-4(2)7-5(3)6;1-3-4-5-2/h4H,1-3H3;3-4H2,1-2H3. The van der Waals surface area contributed by atoms with Crippen LogP contribution < -0.4 is 0 Å². The van der Waals surface area contributed by atoms with Crippen LogP contribution in [0.2, 0.25) is 0 Å². The fraction of sp³-hybridized carbons (Fsp3) is 0.889. The molecular weight excluding hydrogens is 156 g/mol. The predicted molar refractivity (Wildman–Crippen MR) is 49.1 cm³/mol. The number of hydrogen-bond acceptors (Lipinski definition) is 3. The minimum Gasteiger partial charge on any atom is -0.463 e. The van der Waals surface area contributed by atoms with Crippen molar-refractivity contribution in [2.75, 3.05) is 13.7 Å². The summed E-state index contributed by atoms with van der Waals surface area (Å²) in [7, 11) is 1.71. The van der Waals surface area contributed by atoms with Crippen LogP contribution in [0.1, 0.15) is 34.1 Å². The van der Waals surface area contributed by atoms with Crippen LogP contribution in [-0.2, 0) is 14.3 Å². The van der Waals surface area contributed by atoms with E-state index in [1.54, 1.807) is 7.11 Å². The molecule has 0 aliphatic carbocycles. The Labute approximate surface area is 75.1 Å². The number of carbonyl (C=O) groups is 1. The average Bonchev–Trinajstić information content (AvgIpc) is 1.87. The number of ether oxygens (including phenoxy) is 2. The molecule has 0 unspecified atom stereocenters. The summed E-state index contributed by atoms with van der Waals surface area (Å²) < 4.78 is 9.30. The second kappa shape index (κ2) is 10.4. The zero-order valence-electron chi connectivity index (χ0n) is 8.72. The predicted octanol–water partition coefficient (Wildman–Crippen LogP) is 2.00. The van der Waals surface area contributed by atoms with Gasteiger partial charge in [0, 0.05) is 20.6 Å². The van der Waals surface area contributed by atoms with Gasteiger partial charge in [0.05, 0.1) is 6.10 Å². The molecule has 0 bridgehead atoms. The maximum Gasteiger partial charge on any atom is 0.302 e. The summed E-state index contributed by atoms with van der Waals surface area (Å²) in [6, 6.07) is 0. The minimum atomic E-state index is -0.213. The molecule has 0 N–H and O–H groups in total. The third kappa shape index (κ3) is 22.7. The Kier molecular flexibility index (Phi) is 12.2. The van der Waals surface area contributed by atoms with Gasteiger partial charge >= 0.3 is 5.97 Å². The van der Waals surface area contributed by atoms with Crippen molar-refractivity contribution < 1.29 is 14.3 Å². The van der Waals surface area contributed by atoms with Crippen LogP contribution >= 0.6 is 0 Å². The first-order valence-electron chi connectivity index (χ1n) is 4.20. The summed E-state index contributed by atoms with van der Waals surface area (Å²) in [5.74, 6) is -0.213. The van der Waals surface area contributed by atoms with Crippen molar-refractivity contribution in [1.29, 1.82) is 0 Å². The molecule has 0 aromatic heterocycles. The fourth-order valence-corrected chi connectivity index (χ4v) is 0.536.